The lowest BCUT2D eigenvalue weighted by atomic mass is 10.2. The van der Waals surface area contributed by atoms with E-state index in [4.69, 9.17) is 5.11 Å². The third-order valence-electron chi connectivity index (χ3n) is 1.16. The molecule has 1 aliphatic heterocycles. The lowest BCUT2D eigenvalue weighted by molar-refractivity contribution is -0.129. The van der Waals surface area contributed by atoms with E-state index in [0.29, 0.717) is 0 Å². The number of carbonyl (C=O) groups is 2. The van der Waals surface area contributed by atoms with Crippen molar-refractivity contribution >= 4 is 17.6 Å². The molecule has 0 aromatic carbocycles. The average molecular weight is 151 g/mol. The summed E-state index contributed by atoms with van der Waals surface area (Å²) in [7, 11) is 0. The second-order valence-corrected chi connectivity index (χ2v) is 1.97. The maximum absolute atomic E-state index is 10.7. The number of rotatable bonds is 1. The number of carboxylic acids is 1. The molecule has 0 aromatic heterocycles. The summed E-state index contributed by atoms with van der Waals surface area (Å²) >= 11 is 0. The van der Waals surface area contributed by atoms with Crippen LogP contribution in [0.15, 0.2) is 29.3 Å². The maximum Gasteiger partial charge on any atom is 0.354 e. The maximum atomic E-state index is 10.7. The van der Waals surface area contributed by atoms with Crippen LogP contribution in [0.3, 0.4) is 0 Å². The van der Waals surface area contributed by atoms with E-state index >= 15 is 0 Å². The van der Waals surface area contributed by atoms with Crippen molar-refractivity contribution in [2.45, 2.75) is 0 Å². The van der Waals surface area contributed by atoms with Gasteiger partial charge in [0, 0.05) is 5.57 Å². The predicted octanol–water partition coefficient (Wildman–Crippen LogP) is 0.165. The molecular formula is C7H5NO3. The molecule has 0 atom stereocenters. The summed E-state index contributed by atoms with van der Waals surface area (Å²) < 4.78 is 0. The molecule has 4 nitrogen and oxygen atoms in total. The number of aliphatic imine (C=N–C) groups is 1. The van der Waals surface area contributed by atoms with E-state index in [1.165, 1.54) is 12.2 Å². The Morgan fingerprint density at radius 2 is 2.18 bits per heavy atom. The Labute approximate surface area is 62.6 Å². The van der Waals surface area contributed by atoms with E-state index in [1.54, 1.807) is 0 Å². The number of hydrogen-bond acceptors (Lipinski definition) is 2. The molecule has 1 N–H and O–H groups in total. The number of carbonyl (C=O) groups excluding carboxylic acids is 1. The Kier molecular flexibility index (Phi) is 1.68. The number of carboxylic acid groups (broad SMARTS) is 1. The summed E-state index contributed by atoms with van der Waals surface area (Å²) in [6.07, 6.45) is 2.57. The fourth-order valence-electron chi connectivity index (χ4n) is 0.588. The normalized spacial score (nSPS) is 16.5. The van der Waals surface area contributed by atoms with Crippen LogP contribution < -0.4 is 0 Å². The van der Waals surface area contributed by atoms with Crippen LogP contribution >= 0.6 is 0 Å². The minimum atomic E-state index is -1.21. The van der Waals surface area contributed by atoms with E-state index in [1.807, 2.05) is 0 Å². The summed E-state index contributed by atoms with van der Waals surface area (Å²) in [4.78, 5) is 24.2. The first kappa shape index (κ1) is 7.40. The van der Waals surface area contributed by atoms with Gasteiger partial charge < -0.3 is 5.11 Å². The van der Waals surface area contributed by atoms with E-state index in [0.717, 1.165) is 0 Å². The zero-order valence-electron chi connectivity index (χ0n) is 5.57. The van der Waals surface area contributed by atoms with Crippen molar-refractivity contribution in [3.8, 4) is 0 Å². The molecule has 0 spiro atoms. The number of amides is 1. The zero-order valence-corrected chi connectivity index (χ0v) is 5.57. The van der Waals surface area contributed by atoms with Crippen LogP contribution in [-0.4, -0.2) is 22.7 Å². The summed E-state index contributed by atoms with van der Waals surface area (Å²) in [6.45, 7) is 3.35. The molecule has 1 aliphatic rings. The van der Waals surface area contributed by atoms with Gasteiger partial charge in [-0.15, -0.1) is 0 Å². The van der Waals surface area contributed by atoms with Crippen molar-refractivity contribution in [1.29, 1.82) is 0 Å². The van der Waals surface area contributed by atoms with Crippen molar-refractivity contribution in [3.63, 3.8) is 0 Å². The molecule has 0 fully saturated rings. The summed E-state index contributed by atoms with van der Waals surface area (Å²) in [5.74, 6) is -1.80. The third kappa shape index (κ3) is 1.40. The van der Waals surface area contributed by atoms with Gasteiger partial charge in [0.2, 0.25) is 0 Å². The average Bonchev–Trinajstić information content (AvgIpc) is 1.94. The molecule has 1 heterocycles. The highest BCUT2D eigenvalue weighted by Gasteiger charge is 2.14. The highest BCUT2D eigenvalue weighted by Crippen LogP contribution is 2.03. The fourth-order valence-corrected chi connectivity index (χ4v) is 0.588. The first-order valence-corrected chi connectivity index (χ1v) is 2.84. The van der Waals surface area contributed by atoms with Crippen LogP contribution in [0.2, 0.25) is 0 Å². The summed E-state index contributed by atoms with van der Waals surface area (Å²) in [6, 6.07) is 0. The second-order valence-electron chi connectivity index (χ2n) is 1.97. The van der Waals surface area contributed by atoms with Gasteiger partial charge in [0.1, 0.15) is 0 Å². The Morgan fingerprint density at radius 3 is 2.64 bits per heavy atom. The Balaban J connectivity index is 2.98. The first-order chi connectivity index (χ1) is 5.11. The van der Waals surface area contributed by atoms with Crippen LogP contribution in [0.5, 0.6) is 0 Å². The van der Waals surface area contributed by atoms with Crippen molar-refractivity contribution in [3.05, 3.63) is 24.3 Å². The number of hydrogen-bond donors (Lipinski definition) is 1. The van der Waals surface area contributed by atoms with Crippen molar-refractivity contribution in [2.24, 2.45) is 4.99 Å². The van der Waals surface area contributed by atoms with Crippen molar-refractivity contribution in [1.82, 2.24) is 0 Å². The molecule has 0 saturated heterocycles. The molecular weight excluding hydrogens is 146 g/mol. The molecule has 1 amide bonds. The quantitative estimate of drug-likeness (QED) is 0.543. The molecule has 56 valence electrons. The third-order valence-corrected chi connectivity index (χ3v) is 1.16. The van der Waals surface area contributed by atoms with Gasteiger partial charge in [-0.3, -0.25) is 4.79 Å². The van der Waals surface area contributed by atoms with Gasteiger partial charge in [0.25, 0.3) is 5.91 Å². The fraction of sp³-hybridized carbons (Fsp3) is 0. The topological polar surface area (TPSA) is 66.7 Å². The number of dihydropyridines is 1. The molecule has 0 bridgehead atoms. The van der Waals surface area contributed by atoms with Gasteiger partial charge in [-0.2, -0.15) is 0 Å². The van der Waals surface area contributed by atoms with Crippen LogP contribution in [-0.2, 0) is 9.59 Å². The van der Waals surface area contributed by atoms with Crippen molar-refractivity contribution in [2.75, 3.05) is 0 Å². The first-order valence-electron chi connectivity index (χ1n) is 2.84. The zero-order chi connectivity index (χ0) is 8.43. The minimum absolute atomic E-state index is 0.204. The van der Waals surface area contributed by atoms with Crippen LogP contribution in [0.25, 0.3) is 0 Å². The van der Waals surface area contributed by atoms with Crippen LogP contribution in [0.4, 0.5) is 0 Å². The molecule has 0 aromatic rings. The highest BCUT2D eigenvalue weighted by molar-refractivity contribution is 6.43. The standard InChI is InChI=1S/C7H5NO3/c1-4-2-3-5(7(10)11)8-6(4)9/h2-3H,1H2,(H,10,11). The van der Waals surface area contributed by atoms with E-state index in [2.05, 4.69) is 11.6 Å². The highest BCUT2D eigenvalue weighted by atomic mass is 16.4. The van der Waals surface area contributed by atoms with Crippen molar-refractivity contribution < 1.29 is 14.7 Å². The summed E-state index contributed by atoms with van der Waals surface area (Å²) in [5.41, 5.74) is -0.0441. The van der Waals surface area contributed by atoms with Crippen LogP contribution in [0, 0.1) is 0 Å². The van der Waals surface area contributed by atoms with Gasteiger partial charge in [-0.05, 0) is 12.2 Å². The lowest BCUT2D eigenvalue weighted by Gasteiger charge is -2.00. The molecule has 0 radical (unpaired) electrons. The van der Waals surface area contributed by atoms with Gasteiger partial charge in [-0.1, -0.05) is 6.58 Å². The Hall–Kier alpha value is -1.71. The molecule has 0 saturated carbocycles. The van der Waals surface area contributed by atoms with Crippen LogP contribution in [0.1, 0.15) is 0 Å². The molecule has 11 heavy (non-hydrogen) atoms. The molecule has 1 rings (SSSR count). The minimum Gasteiger partial charge on any atom is -0.477 e. The lowest BCUT2D eigenvalue weighted by Crippen LogP contribution is -2.16. The summed E-state index contributed by atoms with van der Waals surface area (Å²) in [5, 5.41) is 8.38. The monoisotopic (exact) mass is 151 g/mol. The van der Waals surface area contributed by atoms with Gasteiger partial charge in [0.15, 0.2) is 5.71 Å². The number of aliphatic carboxylic acids is 1. The Bertz CT molecular complexity index is 299. The second kappa shape index (κ2) is 2.49. The van der Waals surface area contributed by atoms with E-state index < -0.39 is 11.9 Å². The van der Waals surface area contributed by atoms with Gasteiger partial charge in [-0.25, -0.2) is 9.79 Å². The van der Waals surface area contributed by atoms with E-state index in [-0.39, 0.29) is 11.3 Å². The van der Waals surface area contributed by atoms with Gasteiger partial charge >= 0.3 is 5.97 Å². The SMILES string of the molecule is C=C1C=CC(C(=O)O)=NC1=O. The molecule has 0 unspecified atom stereocenters. The Morgan fingerprint density at radius 1 is 1.55 bits per heavy atom. The van der Waals surface area contributed by atoms with Gasteiger partial charge in [0.05, 0.1) is 0 Å². The number of nitrogens with zero attached hydrogens (tertiary/aromatic N) is 1. The van der Waals surface area contributed by atoms with E-state index in [9.17, 15) is 9.59 Å². The molecule has 0 aliphatic carbocycles. The smallest absolute Gasteiger partial charge is 0.354 e. The molecule has 4 heteroatoms. The largest absolute Gasteiger partial charge is 0.477 e. The predicted molar refractivity (Wildman–Crippen MR) is 38.4 cm³/mol.